The van der Waals surface area contributed by atoms with Gasteiger partial charge in [-0.05, 0) is 37.3 Å². The second kappa shape index (κ2) is 5.85. The summed E-state index contributed by atoms with van der Waals surface area (Å²) in [5.41, 5.74) is 9.80. The maximum atomic E-state index is 5.94. The molecule has 0 saturated carbocycles. The fourth-order valence-corrected chi connectivity index (χ4v) is 1.43. The van der Waals surface area contributed by atoms with Crippen LogP contribution < -0.4 is 5.73 Å². The van der Waals surface area contributed by atoms with Crippen molar-refractivity contribution < 1.29 is 4.74 Å². The molecule has 0 radical (unpaired) electrons. The number of pyridine rings is 1. The van der Waals surface area contributed by atoms with E-state index in [0.29, 0.717) is 12.5 Å². The molecule has 0 atom stereocenters. The molecule has 90 valence electrons. The van der Waals surface area contributed by atoms with Crippen molar-refractivity contribution in [2.45, 2.75) is 40.7 Å². The molecule has 3 nitrogen and oxygen atoms in total. The van der Waals surface area contributed by atoms with Crippen molar-refractivity contribution in [2.75, 3.05) is 12.3 Å². The summed E-state index contributed by atoms with van der Waals surface area (Å²) in [7, 11) is 0. The topological polar surface area (TPSA) is 48.1 Å². The van der Waals surface area contributed by atoms with Crippen LogP contribution in [0.4, 0.5) is 5.69 Å². The first-order chi connectivity index (χ1) is 7.52. The van der Waals surface area contributed by atoms with E-state index in [4.69, 9.17) is 10.5 Å². The first-order valence-corrected chi connectivity index (χ1v) is 5.80. The normalized spacial score (nSPS) is 11.1. The smallest absolute Gasteiger partial charge is 0.0891 e. The number of ether oxygens (including phenoxy) is 1. The van der Waals surface area contributed by atoms with Gasteiger partial charge in [-0.3, -0.25) is 4.98 Å². The summed E-state index contributed by atoms with van der Waals surface area (Å²) in [4.78, 5) is 4.35. The molecule has 0 saturated heterocycles. The average molecular weight is 222 g/mol. The first-order valence-electron chi connectivity index (χ1n) is 5.80. The zero-order chi connectivity index (χ0) is 12.1. The molecule has 1 rings (SSSR count). The van der Waals surface area contributed by atoms with Gasteiger partial charge in [-0.1, -0.05) is 13.8 Å². The van der Waals surface area contributed by atoms with E-state index in [2.05, 4.69) is 18.8 Å². The molecule has 0 bridgehead atoms. The third-order valence-electron chi connectivity index (χ3n) is 2.75. The number of aromatic nitrogens is 1. The molecular weight excluding hydrogens is 200 g/mol. The van der Waals surface area contributed by atoms with Gasteiger partial charge in [-0.2, -0.15) is 0 Å². The van der Waals surface area contributed by atoms with Crippen molar-refractivity contribution in [3.8, 4) is 0 Å². The molecule has 0 spiro atoms. The van der Waals surface area contributed by atoms with Gasteiger partial charge in [-0.25, -0.2) is 0 Å². The fourth-order valence-electron chi connectivity index (χ4n) is 1.43. The van der Waals surface area contributed by atoms with Crippen LogP contribution in [0.3, 0.4) is 0 Å². The van der Waals surface area contributed by atoms with Gasteiger partial charge in [0.05, 0.1) is 12.3 Å². The zero-order valence-corrected chi connectivity index (χ0v) is 10.7. The van der Waals surface area contributed by atoms with E-state index in [9.17, 15) is 0 Å². The number of nitrogens with zero attached hydrogens (tertiary/aromatic N) is 1. The molecule has 0 amide bonds. The van der Waals surface area contributed by atoms with Crippen LogP contribution in [0.25, 0.3) is 0 Å². The summed E-state index contributed by atoms with van der Waals surface area (Å²) in [6, 6.07) is 0. The van der Waals surface area contributed by atoms with E-state index in [-0.39, 0.29) is 0 Å². The first kappa shape index (κ1) is 13.0. The summed E-state index contributed by atoms with van der Waals surface area (Å²) in [5.74, 6) is 0.678. The molecule has 0 aromatic carbocycles. The summed E-state index contributed by atoms with van der Waals surface area (Å²) in [5, 5.41) is 0. The highest BCUT2D eigenvalue weighted by Crippen LogP contribution is 2.18. The van der Waals surface area contributed by atoms with Crippen molar-refractivity contribution in [2.24, 2.45) is 5.92 Å². The molecule has 0 unspecified atom stereocenters. The van der Waals surface area contributed by atoms with Gasteiger partial charge in [0, 0.05) is 18.5 Å². The van der Waals surface area contributed by atoms with Crippen LogP contribution in [0.5, 0.6) is 0 Å². The summed E-state index contributed by atoms with van der Waals surface area (Å²) in [6.45, 7) is 9.69. The predicted octanol–water partition coefficient (Wildman–Crippen LogP) is 2.84. The van der Waals surface area contributed by atoms with E-state index in [0.717, 1.165) is 35.5 Å². The van der Waals surface area contributed by atoms with Gasteiger partial charge in [-0.15, -0.1) is 0 Å². The van der Waals surface area contributed by atoms with Crippen LogP contribution in [-0.4, -0.2) is 11.6 Å². The van der Waals surface area contributed by atoms with E-state index in [1.54, 1.807) is 0 Å². The van der Waals surface area contributed by atoms with E-state index in [1.807, 2.05) is 20.0 Å². The van der Waals surface area contributed by atoms with Crippen molar-refractivity contribution in [3.63, 3.8) is 0 Å². The number of rotatable bonds is 5. The number of aryl methyl sites for hydroxylation is 1. The van der Waals surface area contributed by atoms with E-state index >= 15 is 0 Å². The number of nitrogens with two attached hydrogens (primary N) is 1. The Balaban J connectivity index is 2.52. The van der Waals surface area contributed by atoms with Crippen molar-refractivity contribution in [3.05, 3.63) is 23.0 Å². The predicted molar refractivity (Wildman–Crippen MR) is 67.2 cm³/mol. The minimum Gasteiger partial charge on any atom is -0.398 e. The van der Waals surface area contributed by atoms with Gasteiger partial charge in [0.1, 0.15) is 0 Å². The molecule has 0 aliphatic heterocycles. The maximum Gasteiger partial charge on any atom is 0.0891 e. The summed E-state index contributed by atoms with van der Waals surface area (Å²) >= 11 is 0. The largest absolute Gasteiger partial charge is 0.398 e. The van der Waals surface area contributed by atoms with Crippen molar-refractivity contribution in [1.29, 1.82) is 0 Å². The Morgan fingerprint density at radius 1 is 1.38 bits per heavy atom. The Hall–Kier alpha value is -1.09. The third kappa shape index (κ3) is 3.49. The lowest BCUT2D eigenvalue weighted by atomic mass is 10.1. The van der Waals surface area contributed by atoms with Crippen molar-refractivity contribution in [1.82, 2.24) is 4.98 Å². The Labute approximate surface area is 98.0 Å². The molecule has 1 heterocycles. The quantitative estimate of drug-likeness (QED) is 0.779. The highest BCUT2D eigenvalue weighted by molar-refractivity contribution is 5.53. The highest BCUT2D eigenvalue weighted by atomic mass is 16.5. The van der Waals surface area contributed by atoms with Crippen LogP contribution in [-0.2, 0) is 11.3 Å². The Kier molecular flexibility index (Phi) is 4.74. The molecule has 16 heavy (non-hydrogen) atoms. The minimum absolute atomic E-state index is 0.559. The van der Waals surface area contributed by atoms with Gasteiger partial charge in [0.2, 0.25) is 0 Å². The molecule has 1 aromatic rings. The Morgan fingerprint density at radius 2 is 2.06 bits per heavy atom. The summed E-state index contributed by atoms with van der Waals surface area (Å²) in [6.07, 6.45) is 2.89. The molecule has 1 aromatic heterocycles. The lowest BCUT2D eigenvalue weighted by Gasteiger charge is -2.11. The van der Waals surface area contributed by atoms with Crippen LogP contribution >= 0.6 is 0 Å². The number of hydrogen-bond donors (Lipinski definition) is 1. The van der Waals surface area contributed by atoms with Crippen LogP contribution in [0, 0.1) is 19.8 Å². The second-order valence-corrected chi connectivity index (χ2v) is 4.66. The second-order valence-electron chi connectivity index (χ2n) is 4.66. The van der Waals surface area contributed by atoms with Gasteiger partial charge in [0.25, 0.3) is 0 Å². The molecule has 2 N–H and O–H groups in total. The Bertz CT molecular complexity index is 348. The third-order valence-corrected chi connectivity index (χ3v) is 2.75. The van der Waals surface area contributed by atoms with Crippen LogP contribution in [0.2, 0.25) is 0 Å². The van der Waals surface area contributed by atoms with E-state index < -0.39 is 0 Å². The van der Waals surface area contributed by atoms with Gasteiger partial charge >= 0.3 is 0 Å². The lowest BCUT2D eigenvalue weighted by Crippen LogP contribution is -2.05. The van der Waals surface area contributed by atoms with Gasteiger partial charge in [0.15, 0.2) is 0 Å². The fraction of sp³-hybridized carbons (Fsp3) is 0.615. The monoisotopic (exact) mass is 222 g/mol. The molecule has 3 heteroatoms. The minimum atomic E-state index is 0.559. The zero-order valence-electron chi connectivity index (χ0n) is 10.7. The molecule has 0 fully saturated rings. The SMILES string of the molecule is Cc1cnc(COCCC(C)C)c(C)c1N. The average Bonchev–Trinajstić information content (AvgIpc) is 2.23. The Morgan fingerprint density at radius 3 is 2.69 bits per heavy atom. The standard InChI is InChI=1S/C13H22N2O/c1-9(2)5-6-16-8-12-11(4)13(14)10(3)7-15-12/h7,9H,5-6,8H2,1-4H3,(H2,14,15). The number of nitrogen functional groups attached to an aromatic ring is 1. The number of anilines is 1. The number of hydrogen-bond acceptors (Lipinski definition) is 3. The highest BCUT2D eigenvalue weighted by Gasteiger charge is 2.06. The van der Waals surface area contributed by atoms with Gasteiger partial charge < -0.3 is 10.5 Å². The summed E-state index contributed by atoms with van der Waals surface area (Å²) < 4.78 is 5.59. The van der Waals surface area contributed by atoms with Crippen LogP contribution in [0.1, 0.15) is 37.1 Å². The maximum absolute atomic E-state index is 5.94. The molecular formula is C13H22N2O. The van der Waals surface area contributed by atoms with Crippen LogP contribution in [0.15, 0.2) is 6.20 Å². The lowest BCUT2D eigenvalue weighted by molar-refractivity contribution is 0.108. The molecule has 0 aliphatic rings. The van der Waals surface area contributed by atoms with Crippen molar-refractivity contribution >= 4 is 5.69 Å². The molecule has 0 aliphatic carbocycles. The van der Waals surface area contributed by atoms with E-state index in [1.165, 1.54) is 0 Å².